The van der Waals surface area contributed by atoms with Crippen LogP contribution in [0.4, 0.5) is 10.7 Å². The molecule has 0 saturated heterocycles. The van der Waals surface area contributed by atoms with E-state index in [0.717, 1.165) is 57.6 Å². The largest absolute Gasteiger partial charge is 0.490 e. The average molecular weight is 525 g/mol. The van der Waals surface area contributed by atoms with Gasteiger partial charge >= 0.3 is 0 Å². The van der Waals surface area contributed by atoms with Crippen molar-refractivity contribution in [2.24, 2.45) is 16.3 Å². The Balaban J connectivity index is 1.54. The van der Waals surface area contributed by atoms with Crippen LogP contribution in [-0.2, 0) is 12.8 Å². The van der Waals surface area contributed by atoms with Crippen LogP contribution in [0.25, 0.3) is 10.8 Å². The zero-order valence-electron chi connectivity index (χ0n) is 22.9. The van der Waals surface area contributed by atoms with Gasteiger partial charge in [-0.25, -0.2) is 4.99 Å². The lowest BCUT2D eigenvalue weighted by molar-refractivity contribution is 0.102. The first-order chi connectivity index (χ1) is 18.2. The molecule has 1 aromatic heterocycles. The lowest BCUT2D eigenvalue weighted by atomic mass is 9.72. The molecule has 0 fully saturated rings. The molecule has 1 N–H and O–H groups in total. The van der Waals surface area contributed by atoms with Gasteiger partial charge in [0, 0.05) is 27.7 Å². The minimum atomic E-state index is -0.0828. The van der Waals surface area contributed by atoms with E-state index in [-0.39, 0.29) is 17.4 Å². The molecule has 1 atom stereocenters. The van der Waals surface area contributed by atoms with Gasteiger partial charge in [0.25, 0.3) is 5.91 Å². The summed E-state index contributed by atoms with van der Waals surface area (Å²) in [5, 5.41) is 6.03. The molecule has 1 heterocycles. The Bertz CT molecular complexity index is 1480. The summed E-state index contributed by atoms with van der Waals surface area (Å²) < 4.78 is 6.05. The van der Waals surface area contributed by atoms with Crippen LogP contribution in [0.3, 0.4) is 0 Å². The van der Waals surface area contributed by atoms with Crippen molar-refractivity contribution in [1.82, 2.24) is 0 Å². The molecule has 5 heteroatoms. The predicted octanol–water partition coefficient (Wildman–Crippen LogP) is 8.84. The number of carbonyl (C=O) groups is 1. The molecule has 1 amide bonds. The number of anilines is 1. The maximum absolute atomic E-state index is 13.6. The Morgan fingerprint density at radius 1 is 1.03 bits per heavy atom. The number of amides is 1. The van der Waals surface area contributed by atoms with Crippen LogP contribution in [0.5, 0.6) is 5.75 Å². The van der Waals surface area contributed by atoms with Crippen LogP contribution in [0.1, 0.15) is 67.4 Å². The summed E-state index contributed by atoms with van der Waals surface area (Å²) in [6, 6.07) is 22.0. The lowest BCUT2D eigenvalue weighted by Crippen LogP contribution is -2.27. The van der Waals surface area contributed by atoms with Gasteiger partial charge in [-0.1, -0.05) is 63.2 Å². The van der Waals surface area contributed by atoms with Crippen LogP contribution in [0.15, 0.2) is 71.7 Å². The van der Waals surface area contributed by atoms with Gasteiger partial charge in [0.05, 0.1) is 11.7 Å². The Hall–Kier alpha value is -3.44. The molecule has 5 rings (SSSR count). The number of carbonyl (C=O) groups excluding carboxylic acids is 1. The van der Waals surface area contributed by atoms with Crippen molar-refractivity contribution in [3.05, 3.63) is 88.3 Å². The summed E-state index contributed by atoms with van der Waals surface area (Å²) in [4.78, 5) is 19.9. The number of fused-ring (bicyclic) bond motifs is 2. The van der Waals surface area contributed by atoms with E-state index in [4.69, 9.17) is 9.73 Å². The maximum atomic E-state index is 13.6. The molecule has 4 aromatic rings. The maximum Gasteiger partial charge on any atom is 0.259 e. The van der Waals surface area contributed by atoms with E-state index in [9.17, 15) is 4.79 Å². The van der Waals surface area contributed by atoms with E-state index in [0.29, 0.717) is 5.92 Å². The van der Waals surface area contributed by atoms with E-state index in [1.54, 1.807) is 11.3 Å². The number of aliphatic imine (C=N–C) groups is 1. The number of hydrogen-bond acceptors (Lipinski definition) is 4. The minimum Gasteiger partial charge on any atom is -0.490 e. The fourth-order valence-corrected chi connectivity index (χ4v) is 6.51. The normalized spacial score (nSPS) is 15.7. The van der Waals surface area contributed by atoms with Crippen molar-refractivity contribution in [3.8, 4) is 5.75 Å². The molecule has 1 aliphatic carbocycles. The fraction of sp³-hybridized carbons (Fsp3) is 0.333. The summed E-state index contributed by atoms with van der Waals surface area (Å²) in [5.74, 6) is 1.38. The molecule has 0 radical (unpaired) electrons. The van der Waals surface area contributed by atoms with Crippen molar-refractivity contribution >= 4 is 44.9 Å². The van der Waals surface area contributed by atoms with Gasteiger partial charge in [0.15, 0.2) is 0 Å². The SMILES string of the molecule is CC(C)Oc1ccc(C=Nc2sc3c(c2C(=O)Nc2ccccc2)CC[C@@H](C(C)(C)C)C3)c2ccccc12. The number of hydrogen-bond donors (Lipinski definition) is 1. The molecular formula is C33H36N2O2S. The van der Waals surface area contributed by atoms with Crippen LogP contribution in [0, 0.1) is 11.3 Å². The first kappa shape index (κ1) is 26.2. The number of rotatable bonds is 6. The summed E-state index contributed by atoms with van der Waals surface area (Å²) in [5.41, 5.74) is 3.92. The number of nitrogens with one attached hydrogen (secondary N) is 1. The number of thiophene rings is 1. The van der Waals surface area contributed by atoms with Crippen LogP contribution in [0.2, 0.25) is 0 Å². The topological polar surface area (TPSA) is 50.7 Å². The zero-order chi connectivity index (χ0) is 26.9. The van der Waals surface area contributed by atoms with Crippen molar-refractivity contribution in [2.75, 3.05) is 5.32 Å². The molecule has 38 heavy (non-hydrogen) atoms. The molecule has 0 saturated carbocycles. The first-order valence-electron chi connectivity index (χ1n) is 13.4. The van der Waals surface area contributed by atoms with Crippen LogP contribution in [-0.4, -0.2) is 18.2 Å². The van der Waals surface area contributed by atoms with Gasteiger partial charge in [0.1, 0.15) is 10.8 Å². The van der Waals surface area contributed by atoms with Crippen molar-refractivity contribution < 1.29 is 9.53 Å². The lowest BCUT2D eigenvalue weighted by Gasteiger charge is -2.33. The number of ether oxygens (including phenoxy) is 1. The quantitative estimate of drug-likeness (QED) is 0.256. The van der Waals surface area contributed by atoms with E-state index in [1.807, 2.05) is 68.6 Å². The van der Waals surface area contributed by atoms with E-state index in [1.165, 1.54) is 10.4 Å². The third-order valence-electron chi connectivity index (χ3n) is 7.33. The molecule has 0 bridgehead atoms. The molecular weight excluding hydrogens is 488 g/mol. The minimum absolute atomic E-state index is 0.0828. The number of benzene rings is 3. The Morgan fingerprint density at radius 3 is 2.45 bits per heavy atom. The second-order valence-electron chi connectivity index (χ2n) is 11.4. The zero-order valence-corrected chi connectivity index (χ0v) is 23.7. The molecule has 1 aliphatic rings. The Morgan fingerprint density at radius 2 is 1.74 bits per heavy atom. The van der Waals surface area contributed by atoms with Gasteiger partial charge in [-0.05, 0) is 79.7 Å². The van der Waals surface area contributed by atoms with Crippen molar-refractivity contribution in [3.63, 3.8) is 0 Å². The third-order valence-corrected chi connectivity index (χ3v) is 8.49. The second-order valence-corrected chi connectivity index (χ2v) is 12.5. The van der Waals surface area contributed by atoms with Crippen molar-refractivity contribution in [2.45, 2.75) is 60.0 Å². The van der Waals surface area contributed by atoms with Gasteiger partial charge < -0.3 is 10.1 Å². The molecule has 0 unspecified atom stereocenters. The Kier molecular flexibility index (Phi) is 7.40. The molecule has 0 aliphatic heterocycles. The highest BCUT2D eigenvalue weighted by Gasteiger charge is 2.33. The number of para-hydroxylation sites is 1. The average Bonchev–Trinajstić information content (AvgIpc) is 3.26. The third kappa shape index (κ3) is 5.53. The fourth-order valence-electron chi connectivity index (χ4n) is 5.24. The molecule has 0 spiro atoms. The van der Waals surface area contributed by atoms with Crippen molar-refractivity contribution in [1.29, 1.82) is 0 Å². The second kappa shape index (κ2) is 10.7. The highest BCUT2D eigenvalue weighted by Crippen LogP contribution is 2.45. The molecule has 3 aromatic carbocycles. The highest BCUT2D eigenvalue weighted by molar-refractivity contribution is 7.16. The number of nitrogens with zero attached hydrogens (tertiary/aromatic N) is 1. The molecule has 196 valence electrons. The van der Waals surface area contributed by atoms with Crippen LogP contribution < -0.4 is 10.1 Å². The summed E-state index contributed by atoms with van der Waals surface area (Å²) in [6.45, 7) is 11.0. The smallest absolute Gasteiger partial charge is 0.259 e. The van der Waals surface area contributed by atoms with E-state index < -0.39 is 0 Å². The van der Waals surface area contributed by atoms with Gasteiger partial charge in [-0.2, -0.15) is 0 Å². The monoisotopic (exact) mass is 524 g/mol. The highest BCUT2D eigenvalue weighted by atomic mass is 32.1. The van der Waals surface area contributed by atoms with Crippen LogP contribution >= 0.6 is 11.3 Å². The predicted molar refractivity (Wildman–Crippen MR) is 161 cm³/mol. The summed E-state index contributed by atoms with van der Waals surface area (Å²) in [7, 11) is 0. The summed E-state index contributed by atoms with van der Waals surface area (Å²) in [6.07, 6.45) is 4.99. The van der Waals surface area contributed by atoms with Gasteiger partial charge in [-0.3, -0.25) is 4.79 Å². The summed E-state index contributed by atoms with van der Waals surface area (Å²) >= 11 is 1.67. The first-order valence-corrected chi connectivity index (χ1v) is 14.3. The van der Waals surface area contributed by atoms with Gasteiger partial charge in [-0.15, -0.1) is 11.3 Å². The Labute approximate surface area is 229 Å². The van der Waals surface area contributed by atoms with Gasteiger partial charge in [0.2, 0.25) is 0 Å². The van der Waals surface area contributed by atoms with E-state index >= 15 is 0 Å². The molecule has 4 nitrogen and oxygen atoms in total. The van der Waals surface area contributed by atoms with E-state index in [2.05, 4.69) is 44.3 Å². The standard InChI is InChI=1S/C33H36N2O2S/c1-21(2)37-28-18-15-22(25-13-9-10-14-26(25)28)20-34-32-30(31(36)35-24-11-7-6-8-12-24)27-17-16-23(33(3,4)5)19-29(27)38-32/h6-15,18,20-21,23H,16-17,19H2,1-5H3,(H,35,36)/t23-/m1/s1.